The Hall–Kier alpha value is -2.63. The summed E-state index contributed by atoms with van der Waals surface area (Å²) in [6.45, 7) is 0.263. The number of hydrogen-bond donors (Lipinski definition) is 0. The molecule has 0 N–H and O–H groups in total. The van der Waals surface area contributed by atoms with Gasteiger partial charge in [-0.15, -0.1) is 0 Å². The minimum absolute atomic E-state index is 0.232. The molecule has 27 heavy (non-hydrogen) atoms. The van der Waals surface area contributed by atoms with Crippen molar-refractivity contribution in [1.82, 2.24) is 0 Å². The Bertz CT molecular complexity index is 961. The summed E-state index contributed by atoms with van der Waals surface area (Å²) < 4.78 is 14.8. The number of aliphatic imine (C=N–C) groups is 1. The fourth-order valence-electron chi connectivity index (χ4n) is 2.61. The molecule has 0 unspecified atom stereocenters. The van der Waals surface area contributed by atoms with Gasteiger partial charge in [-0.25, -0.2) is 4.39 Å². The van der Waals surface area contributed by atoms with Crippen molar-refractivity contribution in [2.45, 2.75) is 12.6 Å². The summed E-state index contributed by atoms with van der Waals surface area (Å²) in [5.41, 5.74) is 1.20. The van der Waals surface area contributed by atoms with Crippen LogP contribution in [0.1, 0.15) is 22.0 Å². The van der Waals surface area contributed by atoms with Gasteiger partial charge in [0.2, 0.25) is 11.8 Å². The van der Waals surface area contributed by atoms with Crippen molar-refractivity contribution in [1.29, 1.82) is 0 Å². The van der Waals surface area contributed by atoms with Gasteiger partial charge < -0.3 is 17.6 Å². The highest BCUT2D eigenvalue weighted by Gasteiger charge is 2.29. The minimum atomic E-state index is -0.790. The van der Waals surface area contributed by atoms with E-state index in [0.29, 0.717) is 10.6 Å². The summed E-state index contributed by atoms with van der Waals surface area (Å²) in [4.78, 5) is 17.6. The van der Waals surface area contributed by atoms with Crippen LogP contribution in [0.2, 0.25) is 5.02 Å². The highest BCUT2D eigenvalue weighted by molar-refractivity contribution is 7.77. The molecule has 0 aliphatic heterocycles. The second-order valence-corrected chi connectivity index (χ2v) is 6.68. The number of pyridine rings is 1. The molecule has 0 fully saturated rings. The molecule has 2 aromatic carbocycles. The number of aromatic nitrogens is 1. The largest absolute Gasteiger partial charge is 0.758 e. The zero-order chi connectivity index (χ0) is 19.2. The normalized spacial score (nSPS) is 12.6. The summed E-state index contributed by atoms with van der Waals surface area (Å²) >= 11 is 11.7. The monoisotopic (exact) mass is 398 g/mol. The van der Waals surface area contributed by atoms with Crippen LogP contribution in [0.15, 0.2) is 84.1 Å². The molecule has 0 saturated carbocycles. The zero-order valence-electron chi connectivity index (χ0n) is 14.3. The Morgan fingerprint density at radius 1 is 1.04 bits per heavy atom. The fraction of sp³-hybridized carbons (Fsp3) is 0.0952. The summed E-state index contributed by atoms with van der Waals surface area (Å²) in [5, 5.41) is 0.603. The molecule has 0 saturated heterocycles. The van der Waals surface area contributed by atoms with Crippen LogP contribution < -0.4 is 4.57 Å². The maximum Gasteiger partial charge on any atom is 0.237 e. The predicted molar refractivity (Wildman–Crippen MR) is 106 cm³/mol. The predicted octanol–water partition coefficient (Wildman–Crippen LogP) is 4.34. The average molecular weight is 399 g/mol. The topological polar surface area (TPSA) is 33.3 Å². The van der Waals surface area contributed by atoms with E-state index in [1.807, 2.05) is 18.2 Å². The van der Waals surface area contributed by atoms with Gasteiger partial charge in [-0.3, -0.25) is 4.79 Å². The molecule has 0 aliphatic rings. The number of benzene rings is 2. The van der Waals surface area contributed by atoms with Crippen LogP contribution in [-0.2, 0) is 19.2 Å². The number of rotatable bonds is 6. The van der Waals surface area contributed by atoms with Gasteiger partial charge >= 0.3 is 0 Å². The molecule has 3 aromatic rings. The van der Waals surface area contributed by atoms with Crippen molar-refractivity contribution in [3.63, 3.8) is 0 Å². The van der Waals surface area contributed by atoms with Gasteiger partial charge in [-0.1, -0.05) is 41.9 Å². The highest BCUT2D eigenvalue weighted by atomic mass is 35.5. The van der Waals surface area contributed by atoms with Gasteiger partial charge in [-0.2, -0.15) is 4.57 Å². The molecule has 3 rings (SSSR count). The molecule has 1 atom stereocenters. The Kier molecular flexibility index (Phi) is 6.27. The molecule has 0 spiro atoms. The third-order valence-corrected chi connectivity index (χ3v) is 4.67. The van der Waals surface area contributed by atoms with Gasteiger partial charge in [0.15, 0.2) is 12.4 Å². The van der Waals surface area contributed by atoms with E-state index in [2.05, 4.69) is 4.99 Å². The second kappa shape index (κ2) is 8.84. The van der Waals surface area contributed by atoms with Crippen LogP contribution in [0, 0.1) is 5.82 Å². The third kappa shape index (κ3) is 4.76. The number of Topliss-reactive ketones (excluding diaryl/α,β-unsaturated/α-hetero) is 1. The Morgan fingerprint density at radius 2 is 1.70 bits per heavy atom. The first kappa shape index (κ1) is 19.1. The minimum Gasteiger partial charge on any atom is -0.758 e. The molecule has 3 nitrogen and oxygen atoms in total. The van der Waals surface area contributed by atoms with Crippen LogP contribution in [-0.4, -0.2) is 10.8 Å². The van der Waals surface area contributed by atoms with Gasteiger partial charge in [-0.05, 0) is 34.9 Å². The number of halogens is 2. The molecule has 0 aliphatic carbocycles. The smallest absolute Gasteiger partial charge is 0.237 e. The van der Waals surface area contributed by atoms with E-state index in [1.54, 1.807) is 53.4 Å². The maximum absolute atomic E-state index is 13.2. The molecular weight excluding hydrogens is 383 g/mol. The number of ketones is 1. The van der Waals surface area contributed by atoms with Crippen molar-refractivity contribution < 1.29 is 13.8 Å². The molecule has 6 heteroatoms. The van der Waals surface area contributed by atoms with Crippen LogP contribution in [0.25, 0.3) is 0 Å². The first-order chi connectivity index (χ1) is 13.1. The number of nitrogens with zero attached hydrogens (tertiary/aromatic N) is 2. The van der Waals surface area contributed by atoms with Crippen LogP contribution in [0.5, 0.6) is 0 Å². The lowest BCUT2D eigenvalue weighted by atomic mass is 10.0. The van der Waals surface area contributed by atoms with Gasteiger partial charge in [0.25, 0.3) is 0 Å². The lowest BCUT2D eigenvalue weighted by Gasteiger charge is -2.19. The van der Waals surface area contributed by atoms with Crippen LogP contribution in [0.3, 0.4) is 0 Å². The van der Waals surface area contributed by atoms with E-state index in [9.17, 15) is 9.18 Å². The summed E-state index contributed by atoms with van der Waals surface area (Å²) in [7, 11) is 0. The molecule has 1 heterocycles. The lowest BCUT2D eigenvalue weighted by molar-refractivity contribution is -0.691. The average Bonchev–Trinajstić information content (AvgIpc) is 2.69. The van der Waals surface area contributed by atoms with E-state index >= 15 is 0 Å². The summed E-state index contributed by atoms with van der Waals surface area (Å²) in [5.74, 6) is -0.544. The van der Waals surface area contributed by atoms with Crippen molar-refractivity contribution in [3.8, 4) is 0 Å². The second-order valence-electron chi connectivity index (χ2n) is 5.85. The van der Waals surface area contributed by atoms with Crippen LogP contribution in [0.4, 0.5) is 4.39 Å². The van der Waals surface area contributed by atoms with E-state index in [4.69, 9.17) is 24.2 Å². The first-order valence-electron chi connectivity index (χ1n) is 8.26. The van der Waals surface area contributed by atoms with E-state index in [1.165, 1.54) is 12.1 Å². The molecule has 1 aromatic heterocycles. The van der Waals surface area contributed by atoms with Gasteiger partial charge in [0.05, 0.1) is 11.6 Å². The Morgan fingerprint density at radius 3 is 2.37 bits per heavy atom. The quantitative estimate of drug-likeness (QED) is 0.203. The Balaban J connectivity index is 1.94. The maximum atomic E-state index is 13.2. The van der Waals surface area contributed by atoms with E-state index in [0.717, 1.165) is 5.56 Å². The fourth-order valence-corrected chi connectivity index (χ4v) is 3.14. The van der Waals surface area contributed by atoms with Gasteiger partial charge in [0.1, 0.15) is 5.82 Å². The number of carbonyl (C=O) groups excluding carboxylic acids is 1. The molecule has 0 amide bonds. The zero-order valence-corrected chi connectivity index (χ0v) is 15.8. The third-order valence-electron chi connectivity index (χ3n) is 3.99. The van der Waals surface area contributed by atoms with Crippen LogP contribution >= 0.6 is 11.6 Å². The SMILES string of the molecule is O=C(c1ccccc1Cl)[C@@H](C([S-])=NCc1ccc(F)cc1)[n+]1ccccc1. The highest BCUT2D eigenvalue weighted by Crippen LogP contribution is 2.20. The molecule has 0 radical (unpaired) electrons. The molecular formula is C21H16ClFN2OS. The standard InChI is InChI=1S/C21H16ClFN2OS/c22-18-7-3-2-6-17(18)20(26)19(25-12-4-1-5-13-25)21(27)24-14-15-8-10-16(23)11-9-15/h1-13,19H,14H2/t19-/m0/s1. The summed E-state index contributed by atoms with van der Waals surface area (Å²) in [6, 6.07) is 17.6. The van der Waals surface area contributed by atoms with Crippen molar-refractivity contribution in [3.05, 3.63) is 101 Å². The van der Waals surface area contributed by atoms with Crippen molar-refractivity contribution in [2.24, 2.45) is 4.99 Å². The Labute approximate surface area is 167 Å². The van der Waals surface area contributed by atoms with Crippen molar-refractivity contribution >= 4 is 35.1 Å². The van der Waals surface area contributed by atoms with E-state index < -0.39 is 6.04 Å². The number of hydrogen-bond acceptors (Lipinski definition) is 3. The molecule has 0 bridgehead atoms. The van der Waals surface area contributed by atoms with Gasteiger partial charge in [0, 0.05) is 17.7 Å². The molecule has 136 valence electrons. The first-order valence-corrected chi connectivity index (χ1v) is 9.05. The van der Waals surface area contributed by atoms with Crippen molar-refractivity contribution in [2.75, 3.05) is 0 Å². The van der Waals surface area contributed by atoms with E-state index in [-0.39, 0.29) is 23.2 Å². The lowest BCUT2D eigenvalue weighted by Crippen LogP contribution is -2.47. The summed E-state index contributed by atoms with van der Waals surface area (Å²) in [6.07, 6.45) is 3.53. The number of carbonyl (C=O) groups is 1.